The molecule has 1 aliphatic heterocycles. The number of aromatic nitrogens is 1. The molecule has 1 aliphatic carbocycles. The maximum absolute atomic E-state index is 13.0. The fourth-order valence-corrected chi connectivity index (χ4v) is 3.20. The van der Waals surface area contributed by atoms with Gasteiger partial charge in [0.1, 0.15) is 12.0 Å². The number of dihydropyridines is 1. The first-order valence-corrected chi connectivity index (χ1v) is 8.50. The second-order valence-electron chi connectivity index (χ2n) is 6.79. The van der Waals surface area contributed by atoms with Gasteiger partial charge in [-0.05, 0) is 48.1 Å². The van der Waals surface area contributed by atoms with E-state index in [0.717, 1.165) is 33.3 Å². The number of halogens is 1. The third kappa shape index (κ3) is 2.98. The number of pyridine rings is 1. The second-order valence-corrected chi connectivity index (χ2v) is 6.79. The van der Waals surface area contributed by atoms with Crippen molar-refractivity contribution in [3.05, 3.63) is 48.3 Å². The van der Waals surface area contributed by atoms with E-state index in [4.69, 9.17) is 5.73 Å². The highest BCUT2D eigenvalue weighted by molar-refractivity contribution is 6.24. The number of alkyl halides is 1. The van der Waals surface area contributed by atoms with E-state index in [0.29, 0.717) is 17.9 Å². The summed E-state index contributed by atoms with van der Waals surface area (Å²) in [4.78, 5) is 20.6. The minimum absolute atomic E-state index is 0.286. The molecule has 4 rings (SSSR count). The Morgan fingerprint density at radius 1 is 1.38 bits per heavy atom. The van der Waals surface area contributed by atoms with E-state index in [9.17, 15) is 9.18 Å². The molecule has 2 heterocycles. The molecular weight excluding hydrogens is 331 g/mol. The molecule has 132 valence electrons. The summed E-state index contributed by atoms with van der Waals surface area (Å²) in [6.45, 7) is 5.83. The zero-order valence-electron chi connectivity index (χ0n) is 14.4. The van der Waals surface area contributed by atoms with Gasteiger partial charge in [-0.1, -0.05) is 12.7 Å². The average molecular weight is 350 g/mol. The van der Waals surface area contributed by atoms with Crippen LogP contribution in [-0.4, -0.2) is 22.8 Å². The molecule has 2 aromatic rings. The van der Waals surface area contributed by atoms with Gasteiger partial charge in [0.05, 0.1) is 5.92 Å². The van der Waals surface area contributed by atoms with E-state index in [-0.39, 0.29) is 12.3 Å². The number of fused-ring (bicyclic) bond motifs is 1. The van der Waals surface area contributed by atoms with Crippen molar-refractivity contribution in [1.82, 2.24) is 4.98 Å². The first kappa shape index (κ1) is 16.4. The molecule has 2 atom stereocenters. The Kier molecular flexibility index (Phi) is 3.83. The number of carbonyl (C=O) groups excluding carboxylic acids is 1. The van der Waals surface area contributed by atoms with Crippen molar-refractivity contribution >= 4 is 39.5 Å². The van der Waals surface area contributed by atoms with E-state index in [1.54, 1.807) is 12.3 Å². The minimum Gasteiger partial charge on any atom is -0.398 e. The fourth-order valence-electron chi connectivity index (χ4n) is 3.20. The maximum atomic E-state index is 13.0. The molecule has 1 aromatic carbocycles. The van der Waals surface area contributed by atoms with Gasteiger partial charge >= 0.3 is 0 Å². The number of nitrogens with one attached hydrogen (secondary N) is 1. The van der Waals surface area contributed by atoms with Crippen molar-refractivity contribution in [2.45, 2.75) is 25.9 Å². The van der Waals surface area contributed by atoms with Crippen LogP contribution in [0.15, 0.2) is 47.7 Å². The van der Waals surface area contributed by atoms with E-state index >= 15 is 0 Å². The summed E-state index contributed by atoms with van der Waals surface area (Å²) in [6, 6.07) is 5.66. The lowest BCUT2D eigenvalue weighted by molar-refractivity contribution is -0.117. The van der Waals surface area contributed by atoms with E-state index < -0.39 is 12.1 Å². The largest absolute Gasteiger partial charge is 0.398 e. The molecule has 0 radical (unpaired) electrons. The fraction of sp³-hybridized carbons (Fsp3) is 0.250. The third-order valence-corrected chi connectivity index (χ3v) is 4.74. The summed E-state index contributed by atoms with van der Waals surface area (Å²) in [5.41, 5.74) is 10.5. The van der Waals surface area contributed by atoms with Crippen molar-refractivity contribution in [3.63, 3.8) is 0 Å². The van der Waals surface area contributed by atoms with E-state index in [1.807, 2.05) is 19.1 Å². The summed E-state index contributed by atoms with van der Waals surface area (Å²) in [6.07, 6.45) is 3.67. The normalized spacial score (nSPS) is 22.0. The number of hydrogen-bond acceptors (Lipinski definition) is 4. The lowest BCUT2D eigenvalue weighted by atomic mass is 9.95. The van der Waals surface area contributed by atoms with Crippen LogP contribution in [0.4, 0.5) is 15.9 Å². The summed E-state index contributed by atoms with van der Waals surface area (Å²) in [5, 5.41) is 4.34. The number of aliphatic imine (C=N–C) groups is 1. The van der Waals surface area contributed by atoms with Crippen molar-refractivity contribution in [1.29, 1.82) is 0 Å². The Morgan fingerprint density at radius 2 is 2.15 bits per heavy atom. The Labute approximate surface area is 150 Å². The Bertz CT molecular complexity index is 1010. The predicted octanol–water partition coefficient (Wildman–Crippen LogP) is 3.88. The van der Waals surface area contributed by atoms with Crippen LogP contribution in [0.25, 0.3) is 16.3 Å². The topological polar surface area (TPSA) is 80.4 Å². The van der Waals surface area contributed by atoms with Crippen molar-refractivity contribution in [2.75, 3.05) is 11.1 Å². The van der Waals surface area contributed by atoms with Gasteiger partial charge in [0.25, 0.3) is 0 Å². The van der Waals surface area contributed by atoms with Crippen LogP contribution in [-0.2, 0) is 4.79 Å². The van der Waals surface area contributed by atoms with Crippen LogP contribution in [0.1, 0.15) is 25.3 Å². The monoisotopic (exact) mass is 350 g/mol. The van der Waals surface area contributed by atoms with Gasteiger partial charge in [0.2, 0.25) is 5.91 Å². The first-order chi connectivity index (χ1) is 12.4. The molecule has 1 saturated carbocycles. The number of hydrogen-bond donors (Lipinski definition) is 2. The number of benzene rings is 1. The second kappa shape index (κ2) is 6.05. The number of rotatable bonds is 3. The molecule has 3 N–H and O–H groups in total. The molecule has 26 heavy (non-hydrogen) atoms. The van der Waals surface area contributed by atoms with Crippen LogP contribution in [0.3, 0.4) is 0 Å². The molecule has 1 aromatic heterocycles. The minimum atomic E-state index is -1.03. The van der Waals surface area contributed by atoms with Gasteiger partial charge < -0.3 is 11.1 Å². The standard InChI is InChI=1S/C20H19FN4O/c1-10-3-4-14(11(2)24-10)12-5-13-7-19(23-9-16(13)18(22)6-12)25-20(26)15-8-17(15)21/h4-7,9,15,17H,1,3,8,22H2,2H3,(H,23,25,26)/t15-,17+/m1/s1. The summed E-state index contributed by atoms with van der Waals surface area (Å²) < 4.78 is 13.0. The molecule has 2 aliphatic rings. The van der Waals surface area contributed by atoms with Gasteiger partial charge in [-0.3, -0.25) is 9.79 Å². The van der Waals surface area contributed by atoms with Gasteiger partial charge in [0.15, 0.2) is 0 Å². The summed E-state index contributed by atoms with van der Waals surface area (Å²) >= 11 is 0. The van der Waals surface area contributed by atoms with Crippen LogP contribution in [0, 0.1) is 5.92 Å². The number of nitrogens with zero attached hydrogens (tertiary/aromatic N) is 2. The highest BCUT2D eigenvalue weighted by Crippen LogP contribution is 2.35. The van der Waals surface area contributed by atoms with Gasteiger partial charge in [-0.15, -0.1) is 0 Å². The average Bonchev–Trinajstić information content (AvgIpc) is 3.31. The maximum Gasteiger partial charge on any atom is 0.231 e. The highest BCUT2D eigenvalue weighted by Gasteiger charge is 2.43. The Hall–Kier alpha value is -3.02. The zero-order chi connectivity index (χ0) is 18.4. The molecule has 0 unspecified atom stereocenters. The number of nitrogens with two attached hydrogens (primary N) is 1. The molecule has 0 saturated heterocycles. The van der Waals surface area contributed by atoms with Crippen molar-refractivity contribution < 1.29 is 9.18 Å². The SMILES string of the molecule is C=C1CC=C(c2cc(N)c3cnc(NC(=O)[C@@H]4C[C@@H]4F)cc3c2)C(C)=N1. The van der Waals surface area contributed by atoms with Gasteiger partial charge in [-0.25, -0.2) is 9.37 Å². The number of nitrogen functional groups attached to an aromatic ring is 1. The number of anilines is 2. The number of allylic oxidation sites excluding steroid dienone is 2. The first-order valence-electron chi connectivity index (χ1n) is 8.50. The smallest absolute Gasteiger partial charge is 0.231 e. The third-order valence-electron chi connectivity index (χ3n) is 4.74. The Morgan fingerprint density at radius 3 is 2.85 bits per heavy atom. The van der Waals surface area contributed by atoms with E-state index in [2.05, 4.69) is 27.9 Å². The molecule has 6 heteroatoms. The lowest BCUT2D eigenvalue weighted by Crippen LogP contribution is -2.15. The Balaban J connectivity index is 1.69. The van der Waals surface area contributed by atoms with Crippen LogP contribution < -0.4 is 11.1 Å². The summed E-state index contributed by atoms with van der Waals surface area (Å²) in [5.74, 6) is -0.484. The van der Waals surface area contributed by atoms with Crippen LogP contribution >= 0.6 is 0 Å². The van der Waals surface area contributed by atoms with Crippen molar-refractivity contribution in [2.24, 2.45) is 10.9 Å². The molecule has 1 fully saturated rings. The van der Waals surface area contributed by atoms with Gasteiger partial charge in [-0.2, -0.15) is 0 Å². The zero-order valence-corrected chi connectivity index (χ0v) is 14.4. The predicted molar refractivity (Wildman–Crippen MR) is 103 cm³/mol. The van der Waals surface area contributed by atoms with Crippen LogP contribution in [0.2, 0.25) is 0 Å². The number of carbonyl (C=O) groups is 1. The van der Waals surface area contributed by atoms with E-state index in [1.165, 1.54) is 0 Å². The molecule has 1 amide bonds. The number of amides is 1. The van der Waals surface area contributed by atoms with Gasteiger partial charge in [0, 0.05) is 35.1 Å². The molecular formula is C20H19FN4O. The van der Waals surface area contributed by atoms with Crippen molar-refractivity contribution in [3.8, 4) is 0 Å². The quantitative estimate of drug-likeness (QED) is 0.825. The molecule has 0 spiro atoms. The molecule has 5 nitrogen and oxygen atoms in total. The molecule has 0 bridgehead atoms. The highest BCUT2D eigenvalue weighted by atomic mass is 19.1. The summed E-state index contributed by atoms with van der Waals surface area (Å²) in [7, 11) is 0. The lowest BCUT2D eigenvalue weighted by Gasteiger charge is -2.15. The van der Waals surface area contributed by atoms with Crippen LogP contribution in [0.5, 0.6) is 0 Å².